The van der Waals surface area contributed by atoms with E-state index in [4.69, 9.17) is 11.6 Å². The van der Waals surface area contributed by atoms with E-state index in [0.29, 0.717) is 37.5 Å². The summed E-state index contributed by atoms with van der Waals surface area (Å²) in [5.41, 5.74) is 1.12. The third-order valence-electron chi connectivity index (χ3n) is 2.48. The van der Waals surface area contributed by atoms with Gasteiger partial charge >= 0.3 is 6.03 Å². The van der Waals surface area contributed by atoms with Crippen molar-refractivity contribution >= 4 is 24.0 Å². The first kappa shape index (κ1) is 15.3. The summed E-state index contributed by atoms with van der Waals surface area (Å²) in [6.45, 7) is 1.67. The van der Waals surface area contributed by atoms with Gasteiger partial charge in [-0.25, -0.2) is 4.79 Å². The Kier molecular flexibility index (Phi) is 7.43. The van der Waals surface area contributed by atoms with E-state index in [9.17, 15) is 9.59 Å². The monoisotopic (exact) mass is 283 g/mol. The molecule has 6 heteroatoms. The number of hydrogen-bond donors (Lipinski definition) is 3. The average molecular weight is 284 g/mol. The van der Waals surface area contributed by atoms with Crippen molar-refractivity contribution in [2.75, 3.05) is 19.6 Å². The lowest BCUT2D eigenvalue weighted by molar-refractivity contribution is -0.109. The molecule has 0 radical (unpaired) electrons. The molecule has 1 aromatic rings. The first-order valence-electron chi connectivity index (χ1n) is 6.15. The van der Waals surface area contributed by atoms with Gasteiger partial charge in [0.05, 0.1) is 0 Å². The van der Waals surface area contributed by atoms with Gasteiger partial charge in [-0.05, 0) is 30.5 Å². The molecule has 0 aromatic heterocycles. The van der Waals surface area contributed by atoms with Gasteiger partial charge in [0.25, 0.3) is 0 Å². The molecule has 1 rings (SSSR count). The number of amides is 3. The molecule has 0 saturated heterocycles. The van der Waals surface area contributed by atoms with Crippen molar-refractivity contribution in [1.82, 2.24) is 16.0 Å². The van der Waals surface area contributed by atoms with Gasteiger partial charge in [0.15, 0.2) is 0 Å². The van der Waals surface area contributed by atoms with Gasteiger partial charge in [0, 0.05) is 24.7 Å². The summed E-state index contributed by atoms with van der Waals surface area (Å²) in [5.74, 6) is 0. The van der Waals surface area contributed by atoms with Crippen LogP contribution in [0.4, 0.5) is 4.79 Å². The lowest BCUT2D eigenvalue weighted by atomic mass is 10.1. The lowest BCUT2D eigenvalue weighted by Crippen LogP contribution is -2.37. The molecule has 5 nitrogen and oxygen atoms in total. The topological polar surface area (TPSA) is 70.2 Å². The molecule has 3 N–H and O–H groups in total. The van der Waals surface area contributed by atoms with E-state index in [1.54, 1.807) is 0 Å². The molecule has 19 heavy (non-hydrogen) atoms. The molecular weight excluding hydrogens is 266 g/mol. The summed E-state index contributed by atoms with van der Waals surface area (Å²) >= 11 is 5.78. The fourth-order valence-corrected chi connectivity index (χ4v) is 1.61. The number of benzene rings is 1. The largest absolute Gasteiger partial charge is 0.359 e. The molecule has 0 spiro atoms. The Balaban J connectivity index is 2.06. The van der Waals surface area contributed by atoms with Crippen LogP contribution in [0.3, 0.4) is 0 Å². The highest BCUT2D eigenvalue weighted by Crippen LogP contribution is 2.09. The Labute approximate surface area is 117 Å². The minimum atomic E-state index is -0.194. The molecule has 0 heterocycles. The fraction of sp³-hybridized carbons (Fsp3) is 0.385. The van der Waals surface area contributed by atoms with E-state index >= 15 is 0 Å². The normalized spacial score (nSPS) is 9.74. The number of hydrogen-bond acceptors (Lipinski definition) is 2. The van der Waals surface area contributed by atoms with Gasteiger partial charge in [0.1, 0.15) is 0 Å². The van der Waals surface area contributed by atoms with Gasteiger partial charge in [-0.1, -0.05) is 23.7 Å². The molecule has 1 aromatic carbocycles. The van der Waals surface area contributed by atoms with Crippen LogP contribution >= 0.6 is 11.6 Å². The maximum Gasteiger partial charge on any atom is 0.314 e. The van der Waals surface area contributed by atoms with Gasteiger partial charge in [-0.3, -0.25) is 4.79 Å². The number of rotatable bonds is 8. The van der Waals surface area contributed by atoms with Crippen molar-refractivity contribution in [3.05, 3.63) is 34.9 Å². The number of nitrogens with one attached hydrogen (secondary N) is 3. The first-order valence-corrected chi connectivity index (χ1v) is 6.53. The molecule has 0 bridgehead atoms. The molecule has 0 fully saturated rings. The molecular formula is C13H18ClN3O2. The van der Waals surface area contributed by atoms with Gasteiger partial charge < -0.3 is 16.0 Å². The molecule has 0 atom stereocenters. The van der Waals surface area contributed by atoms with Crippen LogP contribution in [0.2, 0.25) is 5.02 Å². The Morgan fingerprint density at radius 1 is 1.11 bits per heavy atom. The molecule has 0 unspecified atom stereocenters. The molecule has 0 aliphatic rings. The standard InChI is InChI=1S/C13H18ClN3O2/c14-12-4-2-11(3-5-12)6-9-17-13(19)16-8-1-7-15-10-18/h2-5,10H,1,6-9H2,(H,15,18)(H2,16,17,19). The second-order valence-electron chi connectivity index (χ2n) is 3.98. The Hall–Kier alpha value is -1.75. The zero-order valence-corrected chi connectivity index (χ0v) is 11.4. The van der Waals surface area contributed by atoms with Crippen LogP contribution in [0.5, 0.6) is 0 Å². The van der Waals surface area contributed by atoms with Crippen LogP contribution < -0.4 is 16.0 Å². The van der Waals surface area contributed by atoms with E-state index < -0.39 is 0 Å². The van der Waals surface area contributed by atoms with Crippen molar-refractivity contribution in [3.8, 4) is 0 Å². The zero-order valence-electron chi connectivity index (χ0n) is 10.6. The van der Waals surface area contributed by atoms with E-state index in [-0.39, 0.29) is 6.03 Å². The predicted octanol–water partition coefficient (Wildman–Crippen LogP) is 1.32. The molecule has 0 aliphatic heterocycles. The second-order valence-corrected chi connectivity index (χ2v) is 4.42. The van der Waals surface area contributed by atoms with Crippen molar-refractivity contribution in [2.24, 2.45) is 0 Å². The predicted molar refractivity (Wildman–Crippen MR) is 75.2 cm³/mol. The smallest absolute Gasteiger partial charge is 0.314 e. The summed E-state index contributed by atoms with van der Waals surface area (Å²) < 4.78 is 0. The first-order chi connectivity index (χ1) is 9.22. The maximum absolute atomic E-state index is 11.4. The van der Waals surface area contributed by atoms with E-state index in [1.165, 1.54) is 0 Å². The molecule has 0 aliphatic carbocycles. The highest BCUT2D eigenvalue weighted by Gasteiger charge is 1.99. The molecule has 104 valence electrons. The SMILES string of the molecule is O=CNCCCNC(=O)NCCc1ccc(Cl)cc1. The summed E-state index contributed by atoms with van der Waals surface area (Å²) in [6, 6.07) is 7.34. The van der Waals surface area contributed by atoms with Gasteiger partial charge in [0.2, 0.25) is 6.41 Å². The van der Waals surface area contributed by atoms with Crippen molar-refractivity contribution < 1.29 is 9.59 Å². The summed E-state index contributed by atoms with van der Waals surface area (Å²) in [4.78, 5) is 21.4. The van der Waals surface area contributed by atoms with Crippen molar-refractivity contribution in [1.29, 1.82) is 0 Å². The van der Waals surface area contributed by atoms with Crippen LogP contribution in [-0.2, 0) is 11.2 Å². The van der Waals surface area contributed by atoms with Gasteiger partial charge in [-0.15, -0.1) is 0 Å². The van der Waals surface area contributed by atoms with E-state index in [2.05, 4.69) is 16.0 Å². The highest BCUT2D eigenvalue weighted by atomic mass is 35.5. The summed E-state index contributed by atoms with van der Waals surface area (Å²) in [5, 5.41) is 8.71. The molecule has 3 amide bonds. The number of halogens is 1. The van der Waals surface area contributed by atoms with Crippen LogP contribution in [-0.4, -0.2) is 32.1 Å². The Bertz CT molecular complexity index is 395. The summed E-state index contributed by atoms with van der Waals surface area (Å²) in [7, 11) is 0. The minimum absolute atomic E-state index is 0.194. The maximum atomic E-state index is 11.4. The zero-order chi connectivity index (χ0) is 13.9. The van der Waals surface area contributed by atoms with Crippen LogP contribution in [0.15, 0.2) is 24.3 Å². The number of carbonyl (C=O) groups is 2. The number of carbonyl (C=O) groups excluding carboxylic acids is 2. The lowest BCUT2D eigenvalue weighted by Gasteiger charge is -2.07. The van der Waals surface area contributed by atoms with Crippen LogP contribution in [0.1, 0.15) is 12.0 Å². The van der Waals surface area contributed by atoms with Crippen LogP contribution in [0.25, 0.3) is 0 Å². The highest BCUT2D eigenvalue weighted by molar-refractivity contribution is 6.30. The number of urea groups is 1. The summed E-state index contributed by atoms with van der Waals surface area (Å²) in [6.07, 6.45) is 2.12. The Morgan fingerprint density at radius 2 is 1.79 bits per heavy atom. The fourth-order valence-electron chi connectivity index (χ4n) is 1.49. The van der Waals surface area contributed by atoms with Crippen molar-refractivity contribution in [3.63, 3.8) is 0 Å². The average Bonchev–Trinajstić information content (AvgIpc) is 2.41. The minimum Gasteiger partial charge on any atom is -0.359 e. The van der Waals surface area contributed by atoms with Crippen molar-refractivity contribution in [2.45, 2.75) is 12.8 Å². The third-order valence-corrected chi connectivity index (χ3v) is 2.73. The second kappa shape index (κ2) is 9.22. The van der Waals surface area contributed by atoms with Gasteiger partial charge in [-0.2, -0.15) is 0 Å². The van der Waals surface area contributed by atoms with E-state index in [0.717, 1.165) is 12.0 Å². The third kappa shape index (κ3) is 7.31. The molecule has 0 saturated carbocycles. The van der Waals surface area contributed by atoms with E-state index in [1.807, 2.05) is 24.3 Å². The van der Waals surface area contributed by atoms with Crippen LogP contribution in [0, 0.1) is 0 Å². The quantitative estimate of drug-likeness (QED) is 0.497. The Morgan fingerprint density at radius 3 is 2.47 bits per heavy atom.